The maximum Gasteiger partial charge on any atom is 0.341 e. The van der Waals surface area contributed by atoms with E-state index in [1.807, 2.05) is 6.92 Å². The number of carbonyl (C=O) groups is 1. The monoisotopic (exact) mass is 210 g/mol. The van der Waals surface area contributed by atoms with Gasteiger partial charge in [-0.25, -0.2) is 4.79 Å². The van der Waals surface area contributed by atoms with Gasteiger partial charge in [-0.05, 0) is 25.0 Å². The minimum absolute atomic E-state index is 0.123. The molecule has 0 unspecified atom stereocenters. The lowest BCUT2D eigenvalue weighted by Crippen LogP contribution is -2.06. The van der Waals surface area contributed by atoms with Crippen LogP contribution in [0.5, 0.6) is 11.5 Å². The third kappa shape index (κ3) is 1.88. The topological polar surface area (TPSA) is 55.8 Å². The van der Waals surface area contributed by atoms with E-state index in [0.29, 0.717) is 11.3 Å². The first-order valence-corrected chi connectivity index (χ1v) is 4.48. The van der Waals surface area contributed by atoms with Crippen LogP contribution in [-0.2, 0) is 4.74 Å². The van der Waals surface area contributed by atoms with E-state index in [9.17, 15) is 9.90 Å². The Kier molecular flexibility index (Phi) is 3.19. The summed E-state index contributed by atoms with van der Waals surface area (Å²) in [5.74, 6) is -0.116. The zero-order chi connectivity index (χ0) is 11.6. The lowest BCUT2D eigenvalue weighted by molar-refractivity contribution is 0.0596. The standard InChI is InChI=1S/C11H14O4/c1-6-7(2)10(11(13)15-4)8(12)5-9(6)14-3/h5,12H,1-4H3. The predicted octanol–water partition coefficient (Wildman–Crippen LogP) is 1.80. The van der Waals surface area contributed by atoms with Crippen molar-refractivity contribution in [2.24, 2.45) is 0 Å². The maximum atomic E-state index is 11.4. The highest BCUT2D eigenvalue weighted by Crippen LogP contribution is 2.32. The number of esters is 1. The Morgan fingerprint density at radius 1 is 1.27 bits per heavy atom. The molecule has 0 atom stereocenters. The van der Waals surface area contributed by atoms with E-state index < -0.39 is 5.97 Å². The molecule has 1 aromatic carbocycles. The highest BCUT2D eigenvalue weighted by atomic mass is 16.5. The van der Waals surface area contributed by atoms with Crippen molar-refractivity contribution >= 4 is 5.97 Å². The first-order valence-electron chi connectivity index (χ1n) is 4.48. The van der Waals surface area contributed by atoms with E-state index in [1.165, 1.54) is 20.3 Å². The van der Waals surface area contributed by atoms with Crippen molar-refractivity contribution in [3.63, 3.8) is 0 Å². The van der Waals surface area contributed by atoms with Crippen LogP contribution >= 0.6 is 0 Å². The fourth-order valence-electron chi connectivity index (χ4n) is 1.44. The molecule has 0 saturated carbocycles. The zero-order valence-electron chi connectivity index (χ0n) is 9.25. The second-order valence-corrected chi connectivity index (χ2v) is 3.21. The van der Waals surface area contributed by atoms with Gasteiger partial charge in [0.15, 0.2) is 0 Å². The van der Waals surface area contributed by atoms with Crippen LogP contribution in [0.3, 0.4) is 0 Å². The molecule has 0 aliphatic heterocycles. The average Bonchev–Trinajstić information content (AvgIpc) is 2.23. The van der Waals surface area contributed by atoms with Crippen molar-refractivity contribution in [1.29, 1.82) is 0 Å². The van der Waals surface area contributed by atoms with Crippen molar-refractivity contribution in [1.82, 2.24) is 0 Å². The number of methoxy groups -OCH3 is 2. The molecule has 15 heavy (non-hydrogen) atoms. The van der Waals surface area contributed by atoms with Gasteiger partial charge in [0.1, 0.15) is 17.1 Å². The molecular formula is C11H14O4. The lowest BCUT2D eigenvalue weighted by Gasteiger charge is -2.12. The van der Waals surface area contributed by atoms with Gasteiger partial charge in [-0.2, -0.15) is 0 Å². The van der Waals surface area contributed by atoms with E-state index in [4.69, 9.17) is 4.74 Å². The van der Waals surface area contributed by atoms with Crippen molar-refractivity contribution in [3.8, 4) is 11.5 Å². The average molecular weight is 210 g/mol. The molecule has 1 rings (SSSR count). The van der Waals surface area contributed by atoms with Gasteiger partial charge in [0.2, 0.25) is 0 Å². The van der Waals surface area contributed by atoms with Crippen molar-refractivity contribution < 1.29 is 19.4 Å². The summed E-state index contributed by atoms with van der Waals surface area (Å²) in [4.78, 5) is 11.4. The van der Waals surface area contributed by atoms with Gasteiger partial charge in [-0.1, -0.05) is 0 Å². The van der Waals surface area contributed by atoms with Crippen LogP contribution in [0.15, 0.2) is 6.07 Å². The molecule has 0 fully saturated rings. The summed E-state index contributed by atoms with van der Waals surface area (Å²) >= 11 is 0. The van der Waals surface area contributed by atoms with E-state index in [-0.39, 0.29) is 11.3 Å². The first-order chi connectivity index (χ1) is 7.02. The molecule has 0 saturated heterocycles. The molecule has 0 heterocycles. The second-order valence-electron chi connectivity index (χ2n) is 3.21. The number of benzene rings is 1. The minimum Gasteiger partial charge on any atom is -0.507 e. The van der Waals surface area contributed by atoms with Gasteiger partial charge >= 0.3 is 5.97 Å². The predicted molar refractivity (Wildman–Crippen MR) is 55.5 cm³/mol. The van der Waals surface area contributed by atoms with Crippen LogP contribution in [0.1, 0.15) is 21.5 Å². The first kappa shape index (κ1) is 11.4. The SMILES string of the molecule is COC(=O)c1c(O)cc(OC)c(C)c1C. The molecule has 4 nitrogen and oxygen atoms in total. The fourth-order valence-corrected chi connectivity index (χ4v) is 1.44. The number of carbonyl (C=O) groups excluding carboxylic acids is 1. The van der Waals surface area contributed by atoms with Crippen LogP contribution in [0.25, 0.3) is 0 Å². The van der Waals surface area contributed by atoms with Gasteiger partial charge in [0, 0.05) is 6.07 Å². The van der Waals surface area contributed by atoms with Crippen LogP contribution in [0, 0.1) is 13.8 Å². The molecule has 0 bridgehead atoms. The Labute approximate surface area is 88.4 Å². The highest BCUT2D eigenvalue weighted by Gasteiger charge is 2.19. The number of phenols is 1. The summed E-state index contributed by atoms with van der Waals surface area (Å²) in [5.41, 5.74) is 1.67. The summed E-state index contributed by atoms with van der Waals surface area (Å²) in [6, 6.07) is 1.41. The van der Waals surface area contributed by atoms with Crippen molar-refractivity contribution in [3.05, 3.63) is 22.8 Å². The molecular weight excluding hydrogens is 196 g/mol. The van der Waals surface area contributed by atoms with Crippen molar-refractivity contribution in [2.45, 2.75) is 13.8 Å². The Morgan fingerprint density at radius 3 is 2.33 bits per heavy atom. The summed E-state index contributed by atoms with van der Waals surface area (Å²) < 4.78 is 9.65. The fraction of sp³-hybridized carbons (Fsp3) is 0.364. The van der Waals surface area contributed by atoms with Gasteiger partial charge in [-0.15, -0.1) is 0 Å². The summed E-state index contributed by atoms with van der Waals surface area (Å²) in [6.45, 7) is 3.56. The Morgan fingerprint density at radius 2 is 1.87 bits per heavy atom. The Balaban J connectivity index is 3.42. The van der Waals surface area contributed by atoms with Crippen molar-refractivity contribution in [2.75, 3.05) is 14.2 Å². The van der Waals surface area contributed by atoms with Crippen LogP contribution in [-0.4, -0.2) is 25.3 Å². The van der Waals surface area contributed by atoms with Gasteiger partial charge in [0.25, 0.3) is 0 Å². The third-order valence-corrected chi connectivity index (χ3v) is 2.44. The molecule has 1 aromatic rings. The molecule has 0 aliphatic carbocycles. The number of rotatable bonds is 2. The Hall–Kier alpha value is -1.71. The van der Waals surface area contributed by atoms with Gasteiger partial charge < -0.3 is 14.6 Å². The number of aromatic hydroxyl groups is 1. The molecule has 0 radical (unpaired) electrons. The summed E-state index contributed by atoms with van der Waals surface area (Å²) in [6.07, 6.45) is 0. The van der Waals surface area contributed by atoms with E-state index in [2.05, 4.69) is 4.74 Å². The number of ether oxygens (including phenoxy) is 2. The largest absolute Gasteiger partial charge is 0.507 e. The van der Waals surface area contributed by atoms with Crippen LogP contribution < -0.4 is 4.74 Å². The quantitative estimate of drug-likeness (QED) is 0.756. The summed E-state index contributed by atoms with van der Waals surface area (Å²) in [5, 5.41) is 9.65. The molecule has 0 spiro atoms. The van der Waals surface area contributed by atoms with E-state index >= 15 is 0 Å². The van der Waals surface area contributed by atoms with Gasteiger partial charge in [-0.3, -0.25) is 0 Å². The molecule has 4 heteroatoms. The van der Waals surface area contributed by atoms with Crippen LogP contribution in [0.2, 0.25) is 0 Å². The van der Waals surface area contributed by atoms with E-state index in [1.54, 1.807) is 6.92 Å². The number of hydrogen-bond donors (Lipinski definition) is 1. The highest BCUT2D eigenvalue weighted by molar-refractivity contribution is 5.94. The summed E-state index contributed by atoms with van der Waals surface area (Å²) in [7, 11) is 2.79. The van der Waals surface area contributed by atoms with E-state index in [0.717, 1.165) is 5.56 Å². The Bertz CT molecular complexity index is 396. The molecule has 82 valence electrons. The normalized spacial score (nSPS) is 9.87. The van der Waals surface area contributed by atoms with Crippen LogP contribution in [0.4, 0.5) is 0 Å². The molecule has 1 N–H and O–H groups in total. The maximum absolute atomic E-state index is 11.4. The number of phenolic OH excluding ortho intramolecular Hbond substituents is 1. The second kappa shape index (κ2) is 4.21. The molecule has 0 aliphatic rings. The smallest absolute Gasteiger partial charge is 0.341 e. The minimum atomic E-state index is -0.546. The molecule has 0 amide bonds. The number of hydrogen-bond acceptors (Lipinski definition) is 4. The molecule has 0 aromatic heterocycles. The van der Waals surface area contributed by atoms with Gasteiger partial charge in [0.05, 0.1) is 14.2 Å². The zero-order valence-corrected chi connectivity index (χ0v) is 9.25. The lowest BCUT2D eigenvalue weighted by atomic mass is 10.0. The third-order valence-electron chi connectivity index (χ3n) is 2.44.